The second kappa shape index (κ2) is 10.1. The molecule has 4 N–H and O–H groups in total. The lowest BCUT2D eigenvalue weighted by molar-refractivity contribution is -0.154. The van der Waals surface area contributed by atoms with E-state index in [4.69, 9.17) is 5.73 Å². The van der Waals surface area contributed by atoms with Crippen LogP contribution >= 0.6 is 11.8 Å². The molecule has 15 heteroatoms. The molecule has 1 aliphatic heterocycles. The van der Waals surface area contributed by atoms with Gasteiger partial charge in [-0.1, -0.05) is 18.7 Å². The minimum absolute atomic E-state index is 0.0101. The number of ether oxygens (including phenoxy) is 1. The number of aromatic nitrogens is 2. The highest BCUT2D eigenvalue weighted by atomic mass is 32.2. The summed E-state index contributed by atoms with van der Waals surface area (Å²) in [4.78, 5) is 36.9. The first-order valence-electron chi connectivity index (χ1n) is 10.7. The summed E-state index contributed by atoms with van der Waals surface area (Å²) in [6.45, 7) is 3.17. The number of nitrogens with two attached hydrogens (primary N) is 1. The van der Waals surface area contributed by atoms with Crippen LogP contribution in [0.3, 0.4) is 0 Å². The molecule has 0 saturated heterocycles. The normalized spacial score (nSPS) is 23.7. The van der Waals surface area contributed by atoms with Crippen LogP contribution in [0.1, 0.15) is 36.8 Å². The first kappa shape index (κ1) is 28.1. The van der Waals surface area contributed by atoms with Gasteiger partial charge in [-0.2, -0.15) is 13.2 Å². The van der Waals surface area contributed by atoms with Crippen molar-refractivity contribution in [3.63, 3.8) is 0 Å². The number of amides is 2. The zero-order valence-corrected chi connectivity index (χ0v) is 20.9. The number of nitrogens with zero attached hydrogens (tertiary/aromatic N) is 3. The predicted octanol–water partition coefficient (Wildman–Crippen LogP) is 3.37. The van der Waals surface area contributed by atoms with Crippen molar-refractivity contribution >= 4 is 34.4 Å². The zero-order valence-electron chi connectivity index (χ0n) is 20.0. The number of amidine groups is 1. The van der Waals surface area contributed by atoms with Crippen LogP contribution in [-0.4, -0.2) is 51.5 Å². The molecule has 0 bridgehead atoms. The standard InChI is InChI=1S/C22H23F5N6O3S/c1-10-20(2,33-19(28)37-21(10,3)18(35)29-4)12-5-11(6-13(23)16(12)24)32-17(34)14-7-31-15(8-30-14)36-9-22(25,26)27/h5-8,10H,9H2,1-4H3,(H2,28,33)(H,29,35)(H,32,34)/t10?,20-,21-/m0/s1. The first-order valence-corrected chi connectivity index (χ1v) is 11.5. The van der Waals surface area contributed by atoms with Crippen molar-refractivity contribution in [2.24, 2.45) is 16.6 Å². The summed E-state index contributed by atoms with van der Waals surface area (Å²) in [6.07, 6.45) is -2.90. The van der Waals surface area contributed by atoms with Gasteiger partial charge in [-0.15, -0.1) is 0 Å². The summed E-state index contributed by atoms with van der Waals surface area (Å²) in [5, 5.41) is 4.88. The summed E-state index contributed by atoms with van der Waals surface area (Å²) >= 11 is 0.996. The third-order valence-corrected chi connectivity index (χ3v) is 7.35. The molecule has 3 atom stereocenters. The molecule has 1 aliphatic rings. The molecule has 1 aromatic heterocycles. The number of thioether (sulfide) groups is 1. The molecule has 0 saturated carbocycles. The lowest BCUT2D eigenvalue weighted by atomic mass is 9.73. The Morgan fingerprint density at radius 2 is 1.86 bits per heavy atom. The Morgan fingerprint density at radius 1 is 1.19 bits per heavy atom. The molecule has 200 valence electrons. The Labute approximate surface area is 212 Å². The number of anilines is 1. The summed E-state index contributed by atoms with van der Waals surface area (Å²) in [5.74, 6) is -4.97. The van der Waals surface area contributed by atoms with Gasteiger partial charge in [-0.3, -0.25) is 14.6 Å². The molecule has 2 heterocycles. The Bertz CT molecular complexity index is 1240. The van der Waals surface area contributed by atoms with E-state index in [0.29, 0.717) is 0 Å². The summed E-state index contributed by atoms with van der Waals surface area (Å²) in [7, 11) is 1.44. The highest BCUT2D eigenvalue weighted by molar-refractivity contribution is 8.15. The summed E-state index contributed by atoms with van der Waals surface area (Å²) in [6, 6.07) is 1.90. The van der Waals surface area contributed by atoms with Crippen LogP contribution in [0.5, 0.6) is 5.88 Å². The second-order valence-electron chi connectivity index (χ2n) is 8.52. The summed E-state index contributed by atoms with van der Waals surface area (Å²) < 4.78 is 69.8. The van der Waals surface area contributed by atoms with Crippen LogP contribution in [-0.2, 0) is 10.3 Å². The van der Waals surface area contributed by atoms with Gasteiger partial charge in [-0.25, -0.2) is 18.7 Å². The van der Waals surface area contributed by atoms with E-state index < -0.39 is 52.4 Å². The van der Waals surface area contributed by atoms with E-state index in [-0.39, 0.29) is 28.0 Å². The largest absolute Gasteiger partial charge is 0.467 e. The molecule has 0 fully saturated rings. The fourth-order valence-electron chi connectivity index (χ4n) is 3.86. The minimum Gasteiger partial charge on any atom is -0.467 e. The van der Waals surface area contributed by atoms with E-state index in [1.807, 2.05) is 0 Å². The van der Waals surface area contributed by atoms with Gasteiger partial charge in [0.15, 0.2) is 23.4 Å². The monoisotopic (exact) mass is 546 g/mol. The number of hydrogen-bond donors (Lipinski definition) is 3. The molecule has 37 heavy (non-hydrogen) atoms. The van der Waals surface area contributed by atoms with E-state index in [9.17, 15) is 27.2 Å². The topological polar surface area (TPSA) is 132 Å². The molecule has 3 rings (SSSR count). The van der Waals surface area contributed by atoms with Crippen LogP contribution in [0, 0.1) is 17.6 Å². The molecule has 1 aromatic carbocycles. The average molecular weight is 547 g/mol. The fourth-order valence-corrected chi connectivity index (χ4v) is 5.13. The van der Waals surface area contributed by atoms with Crippen LogP contribution in [0.25, 0.3) is 0 Å². The number of nitrogens with one attached hydrogen (secondary N) is 2. The van der Waals surface area contributed by atoms with E-state index in [1.165, 1.54) is 14.0 Å². The van der Waals surface area contributed by atoms with Gasteiger partial charge in [0.25, 0.3) is 5.91 Å². The number of halogens is 5. The summed E-state index contributed by atoms with van der Waals surface area (Å²) in [5.41, 5.74) is 3.73. The van der Waals surface area contributed by atoms with Gasteiger partial charge in [0.2, 0.25) is 11.8 Å². The van der Waals surface area contributed by atoms with Crippen molar-refractivity contribution in [3.05, 3.63) is 47.4 Å². The van der Waals surface area contributed by atoms with Crippen LogP contribution < -0.4 is 21.1 Å². The minimum atomic E-state index is -4.58. The molecule has 0 spiro atoms. The smallest absolute Gasteiger partial charge is 0.422 e. The number of carbonyl (C=O) groups excluding carboxylic acids is 2. The second-order valence-corrected chi connectivity index (χ2v) is 10.00. The van der Waals surface area contributed by atoms with Crippen molar-refractivity contribution in [2.45, 2.75) is 37.2 Å². The first-order chi connectivity index (χ1) is 17.1. The van der Waals surface area contributed by atoms with Gasteiger partial charge in [0.1, 0.15) is 10.4 Å². The van der Waals surface area contributed by atoms with Crippen molar-refractivity contribution < 1.29 is 36.3 Å². The van der Waals surface area contributed by atoms with Gasteiger partial charge < -0.3 is 21.1 Å². The van der Waals surface area contributed by atoms with E-state index >= 15 is 4.39 Å². The lowest BCUT2D eigenvalue weighted by Crippen LogP contribution is -2.55. The fraction of sp³-hybridized carbons (Fsp3) is 0.409. The number of rotatable bonds is 6. The van der Waals surface area contributed by atoms with Crippen LogP contribution in [0.4, 0.5) is 27.6 Å². The van der Waals surface area contributed by atoms with Crippen LogP contribution in [0.15, 0.2) is 29.5 Å². The van der Waals surface area contributed by atoms with Gasteiger partial charge in [0.05, 0.1) is 17.9 Å². The third kappa shape index (κ3) is 5.76. The Morgan fingerprint density at radius 3 is 2.43 bits per heavy atom. The highest BCUT2D eigenvalue weighted by Gasteiger charge is 2.54. The molecule has 9 nitrogen and oxygen atoms in total. The Hall–Kier alpha value is -3.49. The van der Waals surface area contributed by atoms with E-state index in [2.05, 4.69) is 30.3 Å². The van der Waals surface area contributed by atoms with Crippen molar-refractivity contribution in [1.29, 1.82) is 0 Å². The van der Waals surface area contributed by atoms with Crippen molar-refractivity contribution in [2.75, 3.05) is 19.0 Å². The Kier molecular flexibility index (Phi) is 7.67. The molecule has 1 unspecified atom stereocenters. The highest BCUT2D eigenvalue weighted by Crippen LogP contribution is 2.50. The Balaban J connectivity index is 1.92. The van der Waals surface area contributed by atoms with Crippen LogP contribution in [0.2, 0.25) is 0 Å². The molecule has 2 amide bonds. The number of hydrogen-bond acceptors (Lipinski definition) is 8. The van der Waals surface area contributed by atoms with Crippen molar-refractivity contribution in [3.8, 4) is 5.88 Å². The van der Waals surface area contributed by atoms with E-state index in [0.717, 1.165) is 36.3 Å². The predicted molar refractivity (Wildman–Crippen MR) is 126 cm³/mol. The van der Waals surface area contributed by atoms with Gasteiger partial charge in [0, 0.05) is 30.3 Å². The maximum absolute atomic E-state index is 15.1. The number of alkyl halides is 3. The molecular formula is C22H23F5N6O3S. The maximum Gasteiger partial charge on any atom is 0.422 e. The molecule has 0 radical (unpaired) electrons. The average Bonchev–Trinajstić information content (AvgIpc) is 2.82. The maximum atomic E-state index is 15.1. The number of benzene rings is 1. The lowest BCUT2D eigenvalue weighted by Gasteiger charge is -2.46. The molecular weight excluding hydrogens is 523 g/mol. The number of aliphatic imine (C=N–C) groups is 1. The number of carbonyl (C=O) groups is 2. The quantitative estimate of drug-likeness (QED) is 0.474. The van der Waals surface area contributed by atoms with Gasteiger partial charge in [-0.05, 0) is 19.9 Å². The molecule has 0 aliphatic carbocycles. The molecule has 2 aromatic rings. The van der Waals surface area contributed by atoms with Gasteiger partial charge >= 0.3 is 6.18 Å². The third-order valence-electron chi connectivity index (χ3n) is 6.08. The van der Waals surface area contributed by atoms with E-state index in [1.54, 1.807) is 13.8 Å². The SMILES string of the molecule is CNC(=O)[C@@]1(C)SC(N)=N[C@](C)(c2cc(NC(=O)c3cnc(OCC(F)(F)F)cn3)cc(F)c2F)C1C. The zero-order chi connectivity index (χ0) is 27.8. The van der Waals surface area contributed by atoms with Crippen molar-refractivity contribution in [1.82, 2.24) is 15.3 Å².